The van der Waals surface area contributed by atoms with E-state index in [0.29, 0.717) is 6.04 Å². The molecule has 0 radical (unpaired) electrons. The molecule has 0 bridgehead atoms. The van der Waals surface area contributed by atoms with Crippen molar-refractivity contribution in [1.82, 2.24) is 10.2 Å². The second-order valence-electron chi connectivity index (χ2n) is 6.60. The second-order valence-corrected chi connectivity index (χ2v) is 6.60. The lowest BCUT2D eigenvalue weighted by atomic mass is 9.83. The molecule has 2 nitrogen and oxygen atoms in total. The highest BCUT2D eigenvalue weighted by Gasteiger charge is 2.18. The Labute approximate surface area is 121 Å². The van der Waals surface area contributed by atoms with Crippen LogP contribution in [0.15, 0.2) is 0 Å². The van der Waals surface area contributed by atoms with Gasteiger partial charge in [0.25, 0.3) is 0 Å². The Morgan fingerprint density at radius 3 is 2.32 bits per heavy atom. The quantitative estimate of drug-likeness (QED) is 0.682. The summed E-state index contributed by atoms with van der Waals surface area (Å²) in [6, 6.07) is 0.690. The zero-order valence-electron chi connectivity index (χ0n) is 13.8. The Balaban J connectivity index is 2.03. The van der Waals surface area contributed by atoms with Crippen molar-refractivity contribution >= 4 is 0 Å². The minimum atomic E-state index is 0.690. The van der Waals surface area contributed by atoms with Gasteiger partial charge in [-0.25, -0.2) is 0 Å². The van der Waals surface area contributed by atoms with Gasteiger partial charge in [-0.3, -0.25) is 0 Å². The lowest BCUT2D eigenvalue weighted by Gasteiger charge is -2.27. The summed E-state index contributed by atoms with van der Waals surface area (Å²) < 4.78 is 0. The molecule has 0 aromatic rings. The smallest absolute Gasteiger partial charge is 0.00393 e. The van der Waals surface area contributed by atoms with E-state index in [1.54, 1.807) is 0 Å². The molecule has 0 spiro atoms. The van der Waals surface area contributed by atoms with Gasteiger partial charge in [0.15, 0.2) is 0 Å². The lowest BCUT2D eigenvalue weighted by Crippen LogP contribution is -2.33. The summed E-state index contributed by atoms with van der Waals surface area (Å²) >= 11 is 0. The fourth-order valence-corrected chi connectivity index (χ4v) is 3.16. The Bertz CT molecular complexity index is 205. The average Bonchev–Trinajstić information content (AvgIpc) is 2.43. The Hall–Kier alpha value is -0.0800. The maximum absolute atomic E-state index is 3.76. The van der Waals surface area contributed by atoms with Crippen molar-refractivity contribution in [2.45, 2.75) is 72.3 Å². The highest BCUT2D eigenvalue weighted by Crippen LogP contribution is 2.27. The van der Waals surface area contributed by atoms with E-state index in [4.69, 9.17) is 0 Å². The van der Waals surface area contributed by atoms with E-state index in [9.17, 15) is 0 Å². The zero-order valence-corrected chi connectivity index (χ0v) is 13.8. The van der Waals surface area contributed by atoms with Crippen LogP contribution in [0.4, 0.5) is 0 Å². The topological polar surface area (TPSA) is 15.3 Å². The molecular weight excluding hydrogens is 232 g/mol. The summed E-state index contributed by atoms with van der Waals surface area (Å²) in [5.74, 6) is 1.92. The number of rotatable bonds is 9. The van der Waals surface area contributed by atoms with Crippen LogP contribution in [0.2, 0.25) is 0 Å². The minimum Gasteiger partial charge on any atom is -0.314 e. The van der Waals surface area contributed by atoms with Crippen molar-refractivity contribution in [3.8, 4) is 0 Å². The monoisotopic (exact) mass is 268 g/mol. The van der Waals surface area contributed by atoms with Crippen LogP contribution in [0.25, 0.3) is 0 Å². The summed E-state index contributed by atoms with van der Waals surface area (Å²) in [6.45, 7) is 14.2. The zero-order chi connectivity index (χ0) is 14.1. The summed E-state index contributed by atoms with van der Waals surface area (Å²) in [5.41, 5.74) is 0. The van der Waals surface area contributed by atoms with Crippen molar-refractivity contribution in [2.75, 3.05) is 26.2 Å². The van der Waals surface area contributed by atoms with Crippen LogP contribution in [0.5, 0.6) is 0 Å². The van der Waals surface area contributed by atoms with Gasteiger partial charge in [-0.2, -0.15) is 0 Å². The van der Waals surface area contributed by atoms with Gasteiger partial charge in [0.05, 0.1) is 0 Å². The van der Waals surface area contributed by atoms with Gasteiger partial charge in [-0.1, -0.05) is 33.6 Å². The van der Waals surface area contributed by atoms with Crippen LogP contribution in [0, 0.1) is 11.8 Å². The van der Waals surface area contributed by atoms with Crippen molar-refractivity contribution in [2.24, 2.45) is 11.8 Å². The number of hydrogen-bond donors (Lipinski definition) is 1. The van der Waals surface area contributed by atoms with Crippen LogP contribution < -0.4 is 5.32 Å². The molecule has 0 saturated heterocycles. The average molecular weight is 268 g/mol. The van der Waals surface area contributed by atoms with Gasteiger partial charge in [0.1, 0.15) is 0 Å². The summed E-state index contributed by atoms with van der Waals surface area (Å²) in [7, 11) is 0. The normalized spacial score (nSPS) is 25.7. The van der Waals surface area contributed by atoms with Gasteiger partial charge in [-0.05, 0) is 70.6 Å². The van der Waals surface area contributed by atoms with Gasteiger partial charge >= 0.3 is 0 Å². The molecule has 1 atom stereocenters. The molecule has 19 heavy (non-hydrogen) atoms. The lowest BCUT2D eigenvalue weighted by molar-refractivity contribution is 0.266. The van der Waals surface area contributed by atoms with Crippen LogP contribution in [0.1, 0.15) is 66.2 Å². The molecule has 2 heteroatoms. The summed E-state index contributed by atoms with van der Waals surface area (Å²) in [6.07, 6.45) is 8.43. The fraction of sp³-hybridized carbons (Fsp3) is 1.00. The van der Waals surface area contributed by atoms with E-state index in [0.717, 1.165) is 11.8 Å². The van der Waals surface area contributed by atoms with Crippen molar-refractivity contribution in [1.29, 1.82) is 0 Å². The number of hydrogen-bond acceptors (Lipinski definition) is 2. The second kappa shape index (κ2) is 9.77. The van der Waals surface area contributed by atoms with E-state index in [2.05, 4.69) is 37.9 Å². The third-order valence-corrected chi connectivity index (χ3v) is 4.90. The molecule has 114 valence electrons. The predicted octanol–water partition coefficient (Wildman–Crippen LogP) is 3.91. The van der Waals surface area contributed by atoms with E-state index in [1.165, 1.54) is 64.7 Å². The minimum absolute atomic E-state index is 0.690. The fourth-order valence-electron chi connectivity index (χ4n) is 3.16. The number of nitrogens with one attached hydrogen (secondary N) is 1. The molecule has 1 rings (SSSR count). The van der Waals surface area contributed by atoms with Gasteiger partial charge in [0, 0.05) is 6.04 Å². The third-order valence-electron chi connectivity index (χ3n) is 4.90. The third kappa shape index (κ3) is 7.31. The Morgan fingerprint density at radius 1 is 1.11 bits per heavy atom. The first kappa shape index (κ1) is 17.0. The van der Waals surface area contributed by atoms with Crippen LogP contribution in [-0.4, -0.2) is 37.1 Å². The van der Waals surface area contributed by atoms with E-state index in [-0.39, 0.29) is 0 Å². The van der Waals surface area contributed by atoms with Gasteiger partial charge in [0.2, 0.25) is 0 Å². The molecule has 1 aliphatic carbocycles. The predicted molar refractivity (Wildman–Crippen MR) is 85.6 cm³/mol. The molecule has 1 fully saturated rings. The maximum atomic E-state index is 3.76. The van der Waals surface area contributed by atoms with Crippen molar-refractivity contribution in [3.05, 3.63) is 0 Å². The summed E-state index contributed by atoms with van der Waals surface area (Å²) in [4.78, 5) is 2.52. The Morgan fingerprint density at radius 2 is 1.74 bits per heavy atom. The molecular formula is C17H36N2. The molecule has 1 N–H and O–H groups in total. The first-order valence-corrected chi connectivity index (χ1v) is 8.61. The number of nitrogens with zero attached hydrogens (tertiary/aromatic N) is 1. The van der Waals surface area contributed by atoms with Crippen LogP contribution in [-0.2, 0) is 0 Å². The largest absolute Gasteiger partial charge is 0.314 e. The first-order valence-electron chi connectivity index (χ1n) is 8.61. The molecule has 1 saturated carbocycles. The molecule has 0 heterocycles. The first-order chi connectivity index (χ1) is 9.15. The van der Waals surface area contributed by atoms with Crippen molar-refractivity contribution < 1.29 is 0 Å². The molecule has 1 aliphatic rings. The van der Waals surface area contributed by atoms with Crippen molar-refractivity contribution in [3.63, 3.8) is 0 Å². The van der Waals surface area contributed by atoms with Crippen LogP contribution in [0.3, 0.4) is 0 Å². The molecule has 1 unspecified atom stereocenters. The molecule has 0 amide bonds. The van der Waals surface area contributed by atoms with Gasteiger partial charge in [-0.15, -0.1) is 0 Å². The summed E-state index contributed by atoms with van der Waals surface area (Å²) in [5, 5.41) is 3.76. The van der Waals surface area contributed by atoms with E-state index in [1.807, 2.05) is 0 Å². The van der Waals surface area contributed by atoms with E-state index >= 15 is 0 Å². The van der Waals surface area contributed by atoms with Crippen LogP contribution >= 0.6 is 0 Å². The standard InChI is InChI=1S/C17H36N2/c1-5-19(6-2)13-7-8-16(4)18-14-17-11-9-15(3)10-12-17/h15-18H,5-14H2,1-4H3. The molecule has 0 aromatic heterocycles. The highest BCUT2D eigenvalue weighted by atomic mass is 15.1. The van der Waals surface area contributed by atoms with Gasteiger partial charge < -0.3 is 10.2 Å². The SMILES string of the molecule is CCN(CC)CCCC(C)NCC1CCC(C)CC1. The Kier molecular flexibility index (Phi) is 8.72. The van der Waals surface area contributed by atoms with E-state index < -0.39 is 0 Å². The molecule has 0 aliphatic heterocycles. The highest BCUT2D eigenvalue weighted by molar-refractivity contribution is 4.73. The maximum Gasteiger partial charge on any atom is 0.00393 e. The molecule has 0 aromatic carbocycles.